The monoisotopic (exact) mass is 193 g/mol. The maximum atomic E-state index is 10.7. The van der Waals surface area contributed by atoms with Crippen LogP contribution in [0.15, 0.2) is 0 Å². The quantitative estimate of drug-likeness (QED) is 0.612. The number of nitrogens with one attached hydrogen (secondary N) is 1. The minimum atomic E-state index is -2.74. The van der Waals surface area contributed by atoms with Crippen LogP contribution < -0.4 is 5.32 Å². The third-order valence-electron chi connectivity index (χ3n) is 1.73. The summed E-state index contributed by atoms with van der Waals surface area (Å²) in [5.41, 5.74) is -0.765. The molecule has 12 heavy (non-hydrogen) atoms. The van der Waals surface area contributed by atoms with Crippen molar-refractivity contribution in [1.29, 1.82) is 0 Å². The topological polar surface area (TPSA) is 66.4 Å². The van der Waals surface area contributed by atoms with Crippen molar-refractivity contribution in [3.05, 3.63) is 0 Å². The number of hydrogen-bond acceptors (Lipinski definition) is 4. The molecule has 0 spiro atoms. The summed E-state index contributed by atoms with van der Waals surface area (Å²) < 4.78 is 21.4. The smallest absolute Gasteiger partial charge is 0.153 e. The van der Waals surface area contributed by atoms with Gasteiger partial charge < -0.3 is 10.4 Å². The highest BCUT2D eigenvalue weighted by molar-refractivity contribution is 7.92. The zero-order chi connectivity index (χ0) is 9.41. The van der Waals surface area contributed by atoms with E-state index in [-0.39, 0.29) is 17.5 Å². The Kier molecular flexibility index (Phi) is 2.47. The summed E-state index contributed by atoms with van der Waals surface area (Å²) in [4.78, 5) is 0. The van der Waals surface area contributed by atoms with Gasteiger partial charge in [0.2, 0.25) is 0 Å². The first-order valence-corrected chi connectivity index (χ1v) is 5.77. The molecule has 0 atom stereocenters. The molecule has 1 rings (SSSR count). The van der Waals surface area contributed by atoms with Crippen LogP contribution >= 0.6 is 0 Å². The summed E-state index contributed by atoms with van der Waals surface area (Å²) in [6, 6.07) is 0.0430. The van der Waals surface area contributed by atoms with Crippen LogP contribution in [-0.4, -0.2) is 43.2 Å². The summed E-state index contributed by atoms with van der Waals surface area (Å²) in [6.45, 7) is 3.81. The summed E-state index contributed by atoms with van der Waals surface area (Å²) in [6.07, 6.45) is 0. The zero-order valence-corrected chi connectivity index (χ0v) is 8.19. The van der Waals surface area contributed by atoms with Gasteiger partial charge in [0.25, 0.3) is 0 Å². The van der Waals surface area contributed by atoms with Crippen molar-refractivity contribution in [2.45, 2.75) is 25.5 Å². The molecule has 1 fully saturated rings. The number of hydrogen-bond donors (Lipinski definition) is 2. The molecular formula is C7H15NO3S. The molecule has 1 aliphatic rings. The van der Waals surface area contributed by atoms with Crippen LogP contribution in [0.2, 0.25) is 0 Å². The molecule has 0 unspecified atom stereocenters. The van der Waals surface area contributed by atoms with E-state index in [4.69, 9.17) is 0 Å². The molecule has 5 heteroatoms. The highest BCUT2D eigenvalue weighted by atomic mass is 32.2. The zero-order valence-electron chi connectivity index (χ0n) is 7.37. The maximum absolute atomic E-state index is 10.7. The van der Waals surface area contributed by atoms with Gasteiger partial charge in [-0.3, -0.25) is 0 Å². The Balaban J connectivity index is 2.21. The Morgan fingerprint density at radius 2 is 2.00 bits per heavy atom. The predicted molar refractivity (Wildman–Crippen MR) is 46.7 cm³/mol. The molecule has 0 amide bonds. The van der Waals surface area contributed by atoms with Crippen molar-refractivity contribution in [2.75, 3.05) is 18.1 Å². The lowest BCUT2D eigenvalue weighted by molar-refractivity contribution is 0.0773. The van der Waals surface area contributed by atoms with Gasteiger partial charge in [0.1, 0.15) is 0 Å². The lowest BCUT2D eigenvalue weighted by Crippen LogP contribution is -2.54. The fourth-order valence-corrected chi connectivity index (χ4v) is 2.44. The second-order valence-electron chi connectivity index (χ2n) is 3.97. The average Bonchev–Trinajstić information content (AvgIpc) is 1.76. The summed E-state index contributed by atoms with van der Waals surface area (Å²) in [5, 5.41) is 12.3. The highest BCUT2D eigenvalue weighted by Gasteiger charge is 2.33. The predicted octanol–water partition coefficient (Wildman–Crippen LogP) is -0.856. The van der Waals surface area contributed by atoms with Crippen LogP contribution in [-0.2, 0) is 9.84 Å². The Labute approximate surface area is 72.9 Å². The molecule has 0 aliphatic carbocycles. The summed E-state index contributed by atoms with van der Waals surface area (Å²) in [7, 11) is -2.74. The van der Waals surface area contributed by atoms with Crippen LogP contribution in [0.4, 0.5) is 0 Å². The molecule has 0 saturated carbocycles. The van der Waals surface area contributed by atoms with Crippen molar-refractivity contribution >= 4 is 9.84 Å². The highest BCUT2D eigenvalue weighted by Crippen LogP contribution is 2.10. The van der Waals surface area contributed by atoms with Gasteiger partial charge in [-0.1, -0.05) is 0 Å². The normalized spacial score (nSPS) is 23.6. The molecule has 0 bridgehead atoms. The van der Waals surface area contributed by atoms with Crippen molar-refractivity contribution in [3.63, 3.8) is 0 Å². The van der Waals surface area contributed by atoms with Crippen LogP contribution in [0.25, 0.3) is 0 Å². The van der Waals surface area contributed by atoms with Crippen molar-refractivity contribution in [2.24, 2.45) is 0 Å². The van der Waals surface area contributed by atoms with Gasteiger partial charge in [0.05, 0.1) is 17.1 Å². The third-order valence-corrected chi connectivity index (χ3v) is 3.55. The molecule has 72 valence electrons. The van der Waals surface area contributed by atoms with Crippen LogP contribution in [0, 0.1) is 0 Å². The lowest BCUT2D eigenvalue weighted by Gasteiger charge is -2.29. The van der Waals surface area contributed by atoms with Gasteiger partial charge in [-0.2, -0.15) is 0 Å². The van der Waals surface area contributed by atoms with Crippen LogP contribution in [0.3, 0.4) is 0 Å². The molecule has 0 aromatic heterocycles. The molecule has 1 saturated heterocycles. The van der Waals surface area contributed by atoms with Crippen LogP contribution in [0.5, 0.6) is 0 Å². The van der Waals surface area contributed by atoms with Crippen LogP contribution in [0.1, 0.15) is 13.8 Å². The number of aliphatic hydroxyl groups is 1. The van der Waals surface area contributed by atoms with E-state index in [0.29, 0.717) is 6.54 Å². The molecule has 2 N–H and O–H groups in total. The number of sulfone groups is 1. The summed E-state index contributed by atoms with van der Waals surface area (Å²) >= 11 is 0. The Bertz CT molecular complexity index is 240. The Hall–Kier alpha value is -0.130. The number of rotatable bonds is 3. The minimum absolute atomic E-state index is 0.0430. The van der Waals surface area contributed by atoms with Crippen molar-refractivity contribution in [3.8, 4) is 0 Å². The first kappa shape index (κ1) is 9.95. The summed E-state index contributed by atoms with van der Waals surface area (Å²) in [5.74, 6) is 0.423. The molecule has 0 radical (unpaired) electrons. The van der Waals surface area contributed by atoms with E-state index < -0.39 is 15.4 Å². The van der Waals surface area contributed by atoms with Gasteiger partial charge in [-0.25, -0.2) is 8.42 Å². The first-order chi connectivity index (χ1) is 5.29. The molecule has 1 aliphatic heterocycles. The molecule has 0 aromatic carbocycles. The second kappa shape index (κ2) is 2.97. The molecule has 1 heterocycles. The fraction of sp³-hybridized carbons (Fsp3) is 1.00. The van der Waals surface area contributed by atoms with E-state index >= 15 is 0 Å². The van der Waals surface area contributed by atoms with Crippen molar-refractivity contribution in [1.82, 2.24) is 5.32 Å². The standard InChI is InChI=1S/C7H15NO3S/c1-7(2,9)5-8-6-3-12(10,11)4-6/h6,8-9H,3-5H2,1-2H3. The molecular weight excluding hydrogens is 178 g/mol. The third kappa shape index (κ3) is 3.08. The molecule has 4 nitrogen and oxygen atoms in total. The van der Waals surface area contributed by atoms with E-state index in [1.165, 1.54) is 0 Å². The lowest BCUT2D eigenvalue weighted by atomic mass is 10.1. The molecule has 0 aromatic rings. The Morgan fingerprint density at radius 3 is 2.33 bits per heavy atom. The SMILES string of the molecule is CC(C)(O)CNC1CS(=O)(=O)C1. The van der Waals surface area contributed by atoms with Gasteiger partial charge in [0.15, 0.2) is 9.84 Å². The second-order valence-corrected chi connectivity index (χ2v) is 6.12. The first-order valence-electron chi connectivity index (χ1n) is 3.95. The van der Waals surface area contributed by atoms with Gasteiger partial charge in [-0.15, -0.1) is 0 Å². The van der Waals surface area contributed by atoms with E-state index in [1.807, 2.05) is 0 Å². The van der Waals surface area contributed by atoms with Gasteiger partial charge >= 0.3 is 0 Å². The van der Waals surface area contributed by atoms with Gasteiger partial charge in [0, 0.05) is 12.6 Å². The van der Waals surface area contributed by atoms with E-state index in [9.17, 15) is 13.5 Å². The van der Waals surface area contributed by atoms with Gasteiger partial charge in [-0.05, 0) is 13.8 Å². The minimum Gasteiger partial charge on any atom is -0.389 e. The van der Waals surface area contributed by atoms with E-state index in [1.54, 1.807) is 13.8 Å². The largest absolute Gasteiger partial charge is 0.389 e. The fourth-order valence-electron chi connectivity index (χ4n) is 1.08. The Morgan fingerprint density at radius 1 is 1.50 bits per heavy atom. The van der Waals surface area contributed by atoms with Crippen molar-refractivity contribution < 1.29 is 13.5 Å². The maximum Gasteiger partial charge on any atom is 0.153 e. The average molecular weight is 193 g/mol. The van der Waals surface area contributed by atoms with E-state index in [2.05, 4.69) is 5.32 Å². The van der Waals surface area contributed by atoms with E-state index in [0.717, 1.165) is 0 Å².